The lowest BCUT2D eigenvalue weighted by molar-refractivity contribution is 0.128. The Morgan fingerprint density at radius 1 is 1.25 bits per heavy atom. The largest absolute Gasteiger partial charge is 0.543 e. The SMILES string of the molecule is C=CCOC(=O)N1C=CC(O[Si](C(C)C)(C(C)C)C(C)C)=CCC1. The first-order chi connectivity index (χ1) is 11.3. The molecule has 0 atom stereocenters. The summed E-state index contributed by atoms with van der Waals surface area (Å²) < 4.78 is 11.8. The van der Waals surface area contributed by atoms with Gasteiger partial charge in [-0.15, -0.1) is 0 Å². The molecule has 0 saturated heterocycles. The molecule has 136 valence electrons. The molecule has 24 heavy (non-hydrogen) atoms. The van der Waals surface area contributed by atoms with Gasteiger partial charge in [-0.3, -0.25) is 4.90 Å². The summed E-state index contributed by atoms with van der Waals surface area (Å²) >= 11 is 0. The summed E-state index contributed by atoms with van der Waals surface area (Å²) in [5, 5.41) is 0. The minimum Gasteiger partial charge on any atom is -0.543 e. The van der Waals surface area contributed by atoms with Crippen molar-refractivity contribution >= 4 is 14.4 Å². The fourth-order valence-electron chi connectivity index (χ4n) is 3.65. The normalized spacial score (nSPS) is 15.5. The van der Waals surface area contributed by atoms with Crippen molar-refractivity contribution < 1.29 is 14.0 Å². The zero-order valence-corrected chi connectivity index (χ0v) is 17.0. The number of hydrogen-bond acceptors (Lipinski definition) is 3. The molecular formula is C19H33NO3Si. The van der Waals surface area contributed by atoms with Crippen LogP contribution in [-0.2, 0) is 9.16 Å². The molecule has 0 bridgehead atoms. The molecule has 0 unspecified atom stereocenters. The molecule has 0 fully saturated rings. The van der Waals surface area contributed by atoms with Gasteiger partial charge >= 0.3 is 6.09 Å². The van der Waals surface area contributed by atoms with Crippen LogP contribution < -0.4 is 0 Å². The van der Waals surface area contributed by atoms with Crippen molar-refractivity contribution in [3.63, 3.8) is 0 Å². The van der Waals surface area contributed by atoms with E-state index in [1.165, 1.54) is 0 Å². The van der Waals surface area contributed by atoms with Crippen molar-refractivity contribution in [2.24, 2.45) is 0 Å². The second-order valence-electron chi connectivity index (χ2n) is 7.19. The maximum Gasteiger partial charge on any atom is 0.414 e. The lowest BCUT2D eigenvalue weighted by Crippen LogP contribution is -2.47. The summed E-state index contributed by atoms with van der Waals surface area (Å²) in [6.45, 7) is 18.0. The molecule has 0 aliphatic carbocycles. The molecule has 0 spiro atoms. The summed E-state index contributed by atoms with van der Waals surface area (Å²) in [5.41, 5.74) is 1.55. The smallest absolute Gasteiger partial charge is 0.414 e. The summed E-state index contributed by atoms with van der Waals surface area (Å²) in [6, 6.07) is 0. The fraction of sp³-hybridized carbons (Fsp3) is 0.632. The highest BCUT2D eigenvalue weighted by atomic mass is 28.4. The number of rotatable bonds is 7. The van der Waals surface area contributed by atoms with Gasteiger partial charge in [-0.2, -0.15) is 0 Å². The van der Waals surface area contributed by atoms with Crippen LogP contribution in [0.4, 0.5) is 4.79 Å². The molecule has 1 aliphatic heterocycles. The van der Waals surface area contributed by atoms with E-state index in [0.717, 1.165) is 12.2 Å². The maximum atomic E-state index is 12.0. The third kappa shape index (κ3) is 4.76. The number of hydrogen-bond donors (Lipinski definition) is 0. The van der Waals surface area contributed by atoms with Crippen LogP contribution >= 0.6 is 0 Å². The van der Waals surface area contributed by atoms with Crippen molar-refractivity contribution in [1.82, 2.24) is 4.90 Å². The number of nitrogens with zero attached hydrogens (tertiary/aromatic N) is 1. The van der Waals surface area contributed by atoms with E-state index in [1.54, 1.807) is 17.2 Å². The van der Waals surface area contributed by atoms with Gasteiger partial charge in [-0.05, 0) is 35.2 Å². The van der Waals surface area contributed by atoms with Crippen LogP contribution in [0.2, 0.25) is 16.6 Å². The Bertz CT molecular complexity index is 473. The van der Waals surface area contributed by atoms with Crippen molar-refractivity contribution in [3.8, 4) is 0 Å². The third-order valence-corrected chi connectivity index (χ3v) is 10.7. The molecule has 4 nitrogen and oxygen atoms in total. The summed E-state index contributed by atoms with van der Waals surface area (Å²) in [4.78, 5) is 13.6. The average molecular weight is 352 g/mol. The monoisotopic (exact) mass is 351 g/mol. The van der Waals surface area contributed by atoms with Gasteiger partial charge in [0, 0.05) is 12.7 Å². The van der Waals surface area contributed by atoms with Crippen molar-refractivity contribution in [2.45, 2.75) is 64.6 Å². The first kappa shape index (κ1) is 20.6. The molecule has 0 aromatic rings. The molecule has 0 saturated carbocycles. The average Bonchev–Trinajstić information content (AvgIpc) is 2.74. The lowest BCUT2D eigenvalue weighted by atomic mass is 10.3. The second kappa shape index (κ2) is 9.11. The van der Waals surface area contributed by atoms with E-state index >= 15 is 0 Å². The zero-order chi connectivity index (χ0) is 18.3. The van der Waals surface area contributed by atoms with Gasteiger partial charge < -0.3 is 9.16 Å². The third-order valence-electron chi connectivity index (χ3n) is 4.70. The van der Waals surface area contributed by atoms with Crippen LogP contribution in [0.25, 0.3) is 0 Å². The molecule has 1 amide bonds. The standard InChI is InChI=1S/C19H33NO3Si/c1-8-14-22-19(21)20-12-9-10-18(11-13-20)23-24(15(2)3,16(4)5)17(6)7/h8,10-11,13,15-17H,1,9,12,14H2,2-7H3. The zero-order valence-electron chi connectivity index (χ0n) is 16.0. The van der Waals surface area contributed by atoms with Crippen LogP contribution in [-0.4, -0.2) is 32.5 Å². The highest BCUT2D eigenvalue weighted by Gasteiger charge is 2.47. The van der Waals surface area contributed by atoms with Gasteiger partial charge in [0.05, 0.1) is 0 Å². The Balaban J connectivity index is 2.92. The topological polar surface area (TPSA) is 38.8 Å². The van der Waals surface area contributed by atoms with Crippen LogP contribution in [0.1, 0.15) is 48.0 Å². The van der Waals surface area contributed by atoms with Crippen LogP contribution in [0.5, 0.6) is 0 Å². The van der Waals surface area contributed by atoms with E-state index in [4.69, 9.17) is 9.16 Å². The number of ether oxygens (including phenoxy) is 1. The predicted octanol–water partition coefficient (Wildman–Crippen LogP) is 5.60. The molecule has 0 aromatic heterocycles. The number of allylic oxidation sites excluding steroid dienone is 1. The molecule has 1 heterocycles. The van der Waals surface area contributed by atoms with Crippen molar-refractivity contribution in [1.29, 1.82) is 0 Å². The summed E-state index contributed by atoms with van der Waals surface area (Å²) in [7, 11) is -1.98. The Kier molecular flexibility index (Phi) is 7.80. The Morgan fingerprint density at radius 2 is 1.83 bits per heavy atom. The van der Waals surface area contributed by atoms with Crippen molar-refractivity contribution in [3.05, 3.63) is 36.8 Å². The van der Waals surface area contributed by atoms with Gasteiger partial charge in [0.15, 0.2) is 0 Å². The summed E-state index contributed by atoms with van der Waals surface area (Å²) in [6.07, 6.45) is 7.73. The minimum absolute atomic E-state index is 0.226. The fourth-order valence-corrected chi connectivity index (χ4v) is 8.92. The quantitative estimate of drug-likeness (QED) is 0.442. The highest BCUT2D eigenvalue weighted by Crippen LogP contribution is 2.43. The molecule has 0 N–H and O–H groups in total. The lowest BCUT2D eigenvalue weighted by Gasteiger charge is -2.42. The Morgan fingerprint density at radius 3 is 2.33 bits per heavy atom. The van der Waals surface area contributed by atoms with E-state index < -0.39 is 8.32 Å². The number of amides is 1. The van der Waals surface area contributed by atoms with Crippen LogP contribution in [0.15, 0.2) is 36.8 Å². The van der Waals surface area contributed by atoms with Gasteiger partial charge in [-0.25, -0.2) is 4.79 Å². The molecule has 1 aliphatic rings. The van der Waals surface area contributed by atoms with Gasteiger partial charge in [0.2, 0.25) is 0 Å². The van der Waals surface area contributed by atoms with Gasteiger partial charge in [0.25, 0.3) is 8.32 Å². The molecule has 1 rings (SSSR count). The number of carbonyl (C=O) groups is 1. The highest BCUT2D eigenvalue weighted by molar-refractivity contribution is 6.77. The van der Waals surface area contributed by atoms with Crippen LogP contribution in [0.3, 0.4) is 0 Å². The van der Waals surface area contributed by atoms with E-state index in [2.05, 4.69) is 54.2 Å². The Labute approximate surface area is 148 Å². The van der Waals surface area contributed by atoms with E-state index in [1.807, 2.05) is 6.08 Å². The van der Waals surface area contributed by atoms with Gasteiger partial charge in [-0.1, -0.05) is 54.2 Å². The molecule has 0 aromatic carbocycles. The second-order valence-corrected chi connectivity index (χ2v) is 12.6. The first-order valence-electron chi connectivity index (χ1n) is 8.87. The van der Waals surface area contributed by atoms with Crippen LogP contribution in [0, 0.1) is 0 Å². The molecular weight excluding hydrogens is 318 g/mol. The van der Waals surface area contributed by atoms with Crippen molar-refractivity contribution in [2.75, 3.05) is 13.2 Å². The summed E-state index contributed by atoms with van der Waals surface area (Å²) in [5.74, 6) is 0.886. The minimum atomic E-state index is -1.98. The Hall–Kier alpha value is -1.49. The molecule has 5 heteroatoms. The predicted molar refractivity (Wildman–Crippen MR) is 102 cm³/mol. The van der Waals surface area contributed by atoms with E-state index in [9.17, 15) is 4.79 Å². The first-order valence-corrected chi connectivity index (χ1v) is 11.0. The number of carbonyl (C=O) groups excluding carboxylic acids is 1. The van der Waals surface area contributed by atoms with E-state index in [-0.39, 0.29) is 12.7 Å². The molecule has 0 radical (unpaired) electrons. The van der Waals surface area contributed by atoms with E-state index in [0.29, 0.717) is 23.2 Å². The van der Waals surface area contributed by atoms with Gasteiger partial charge in [0.1, 0.15) is 12.4 Å². The maximum absolute atomic E-state index is 12.0.